The van der Waals surface area contributed by atoms with Gasteiger partial charge >= 0.3 is 0 Å². The first-order valence-electron chi connectivity index (χ1n) is 10.6. The van der Waals surface area contributed by atoms with Gasteiger partial charge in [-0.2, -0.15) is 0 Å². The number of benzene rings is 2. The molecular formula is C24H30N2O6S. The fourth-order valence-corrected chi connectivity index (χ4v) is 5.55. The van der Waals surface area contributed by atoms with Crippen LogP contribution in [0.25, 0.3) is 5.57 Å². The van der Waals surface area contributed by atoms with Gasteiger partial charge in [-0.1, -0.05) is 6.07 Å². The maximum atomic E-state index is 13.3. The number of carbonyl (C=O) groups excluding carboxylic acids is 1. The number of rotatable bonds is 8. The Hall–Kier alpha value is -3.20. The van der Waals surface area contributed by atoms with E-state index in [2.05, 4.69) is 5.32 Å². The van der Waals surface area contributed by atoms with Crippen LogP contribution < -0.4 is 23.8 Å². The quantitative estimate of drug-likeness (QED) is 0.589. The molecule has 1 N–H and O–H groups in total. The van der Waals surface area contributed by atoms with E-state index in [0.717, 1.165) is 11.1 Å². The van der Waals surface area contributed by atoms with Crippen molar-refractivity contribution in [3.05, 3.63) is 51.9 Å². The number of fused-ring (bicyclic) bond motifs is 1. The highest BCUT2D eigenvalue weighted by atomic mass is 32.2. The molecule has 8 nitrogen and oxygen atoms in total. The predicted molar refractivity (Wildman–Crippen MR) is 129 cm³/mol. The zero-order valence-corrected chi connectivity index (χ0v) is 20.6. The van der Waals surface area contributed by atoms with Gasteiger partial charge in [-0.3, -0.25) is 9.10 Å². The molecule has 0 bridgehead atoms. The number of sulfonamides is 1. The molecule has 9 heteroatoms. The fraction of sp³-hybridized carbons (Fsp3) is 0.375. The van der Waals surface area contributed by atoms with E-state index in [-0.39, 0.29) is 24.6 Å². The lowest BCUT2D eigenvalue weighted by molar-refractivity contribution is -0.116. The molecule has 0 fully saturated rings. The minimum Gasteiger partial charge on any atom is -0.493 e. The second kappa shape index (κ2) is 9.74. The van der Waals surface area contributed by atoms with Gasteiger partial charge in [0.05, 0.1) is 26.5 Å². The van der Waals surface area contributed by atoms with Gasteiger partial charge in [-0.15, -0.1) is 0 Å². The third-order valence-electron chi connectivity index (χ3n) is 5.69. The fourth-order valence-electron chi connectivity index (χ4n) is 3.78. The molecular weight excluding hydrogens is 444 g/mol. The van der Waals surface area contributed by atoms with Crippen molar-refractivity contribution >= 4 is 27.2 Å². The molecule has 2 aromatic rings. The first kappa shape index (κ1) is 24.4. The van der Waals surface area contributed by atoms with Gasteiger partial charge in [0, 0.05) is 18.2 Å². The zero-order chi connectivity index (χ0) is 24.3. The molecule has 0 atom stereocenters. The van der Waals surface area contributed by atoms with Crippen LogP contribution in [0.4, 0.5) is 5.69 Å². The first-order chi connectivity index (χ1) is 15.6. The van der Waals surface area contributed by atoms with E-state index in [1.807, 2.05) is 32.0 Å². The smallest absolute Gasteiger partial charge is 0.270 e. The molecule has 0 spiro atoms. The van der Waals surface area contributed by atoms with Gasteiger partial charge in [0.2, 0.25) is 0 Å². The van der Waals surface area contributed by atoms with Gasteiger partial charge in [0.15, 0.2) is 16.4 Å². The van der Waals surface area contributed by atoms with Crippen molar-refractivity contribution in [2.24, 2.45) is 0 Å². The van der Waals surface area contributed by atoms with Gasteiger partial charge in [-0.25, -0.2) is 8.42 Å². The van der Waals surface area contributed by atoms with E-state index in [1.165, 1.54) is 18.5 Å². The number of ether oxygens (including phenoxy) is 3. The Bertz CT molecular complexity index is 1200. The van der Waals surface area contributed by atoms with Crippen molar-refractivity contribution in [3.8, 4) is 17.2 Å². The van der Waals surface area contributed by atoms with Crippen molar-refractivity contribution in [1.82, 2.24) is 5.32 Å². The molecule has 0 unspecified atom stereocenters. The average molecular weight is 475 g/mol. The Balaban J connectivity index is 1.85. The van der Waals surface area contributed by atoms with Crippen LogP contribution in [0.3, 0.4) is 0 Å². The van der Waals surface area contributed by atoms with Crippen molar-refractivity contribution in [3.63, 3.8) is 0 Å². The molecule has 0 saturated heterocycles. The predicted octanol–water partition coefficient (Wildman–Crippen LogP) is 3.42. The molecule has 178 valence electrons. The van der Waals surface area contributed by atoms with E-state index in [1.54, 1.807) is 26.0 Å². The van der Waals surface area contributed by atoms with Crippen molar-refractivity contribution in [1.29, 1.82) is 0 Å². The molecule has 0 aromatic heterocycles. The summed E-state index contributed by atoms with van der Waals surface area (Å²) in [7, 11) is -1.07. The number of hydrogen-bond donors (Lipinski definition) is 1. The summed E-state index contributed by atoms with van der Waals surface area (Å²) < 4.78 is 44.3. The maximum absolute atomic E-state index is 13.3. The molecule has 1 amide bonds. The number of nitrogens with one attached hydrogen (secondary N) is 1. The Labute approximate surface area is 195 Å². The van der Waals surface area contributed by atoms with E-state index in [0.29, 0.717) is 34.1 Å². The lowest BCUT2D eigenvalue weighted by atomic mass is 10.0. The maximum Gasteiger partial charge on any atom is 0.270 e. The standard InChI is InChI=1S/C24H30N2O6S/c1-7-26-20-14-22(31-6)21(30-5)13-19(20)17(4)23(33(26,28)29)24(27)25-10-11-32-18-9-8-15(2)16(3)12-18/h8-9,12-14H,7,10-11H2,1-6H3,(H,25,27). The van der Waals surface area contributed by atoms with Crippen LogP contribution in [0, 0.1) is 13.8 Å². The summed E-state index contributed by atoms with van der Waals surface area (Å²) in [6.45, 7) is 7.87. The second-order valence-corrected chi connectivity index (χ2v) is 9.50. The number of hydrogen-bond acceptors (Lipinski definition) is 6. The number of anilines is 1. The molecule has 33 heavy (non-hydrogen) atoms. The van der Waals surface area contributed by atoms with Crippen LogP contribution in [-0.2, 0) is 14.8 Å². The summed E-state index contributed by atoms with van der Waals surface area (Å²) in [6.07, 6.45) is 0. The largest absolute Gasteiger partial charge is 0.493 e. The molecule has 0 radical (unpaired) electrons. The van der Waals surface area contributed by atoms with Crippen LogP contribution in [0.15, 0.2) is 35.2 Å². The monoisotopic (exact) mass is 474 g/mol. The highest BCUT2D eigenvalue weighted by Crippen LogP contribution is 2.44. The summed E-state index contributed by atoms with van der Waals surface area (Å²) in [4.78, 5) is 12.7. The summed E-state index contributed by atoms with van der Waals surface area (Å²) in [5, 5.41) is 2.68. The number of methoxy groups -OCH3 is 2. The molecule has 2 aromatic carbocycles. The Morgan fingerprint density at radius 2 is 1.67 bits per heavy atom. The Kier molecular flexibility index (Phi) is 7.22. The normalized spacial score (nSPS) is 14.5. The summed E-state index contributed by atoms with van der Waals surface area (Å²) >= 11 is 0. The average Bonchev–Trinajstić information content (AvgIpc) is 2.78. The lowest BCUT2D eigenvalue weighted by Gasteiger charge is -2.32. The van der Waals surface area contributed by atoms with Crippen molar-refractivity contribution in [2.75, 3.05) is 38.2 Å². The molecule has 1 aliphatic rings. The van der Waals surface area contributed by atoms with E-state index in [9.17, 15) is 13.2 Å². The number of carbonyl (C=O) groups is 1. The van der Waals surface area contributed by atoms with Gasteiger partial charge in [0.1, 0.15) is 12.4 Å². The summed E-state index contributed by atoms with van der Waals surface area (Å²) in [5.74, 6) is 0.886. The summed E-state index contributed by atoms with van der Waals surface area (Å²) in [5.41, 5.74) is 3.66. The number of nitrogens with zero attached hydrogens (tertiary/aromatic N) is 1. The lowest BCUT2D eigenvalue weighted by Crippen LogP contribution is -2.41. The molecule has 1 aliphatic heterocycles. The van der Waals surface area contributed by atoms with Crippen LogP contribution >= 0.6 is 0 Å². The third kappa shape index (κ3) is 4.64. The minimum atomic E-state index is -4.06. The van der Waals surface area contributed by atoms with Gasteiger partial charge < -0.3 is 19.5 Å². The molecule has 0 aliphatic carbocycles. The number of aryl methyl sites for hydroxylation is 2. The first-order valence-corrected chi connectivity index (χ1v) is 12.1. The highest BCUT2D eigenvalue weighted by Gasteiger charge is 2.39. The SMILES string of the molecule is CCN1c2cc(OC)c(OC)cc2C(C)=C(C(=O)NCCOc2ccc(C)c(C)c2)S1(=O)=O. The minimum absolute atomic E-state index is 0.156. The summed E-state index contributed by atoms with van der Waals surface area (Å²) in [6, 6.07) is 9.06. The zero-order valence-electron chi connectivity index (χ0n) is 19.8. The third-order valence-corrected chi connectivity index (χ3v) is 7.73. The Morgan fingerprint density at radius 3 is 2.27 bits per heavy atom. The highest BCUT2D eigenvalue weighted by molar-refractivity contribution is 7.97. The van der Waals surface area contributed by atoms with E-state index >= 15 is 0 Å². The topological polar surface area (TPSA) is 94.2 Å². The molecule has 1 heterocycles. The van der Waals surface area contributed by atoms with Crippen LogP contribution in [-0.4, -0.2) is 48.2 Å². The number of allylic oxidation sites excluding steroid dienone is 1. The molecule has 0 saturated carbocycles. The van der Waals surface area contributed by atoms with Gasteiger partial charge in [0.25, 0.3) is 15.9 Å². The van der Waals surface area contributed by atoms with Gasteiger partial charge in [-0.05, 0) is 62.6 Å². The van der Waals surface area contributed by atoms with Crippen LogP contribution in [0.1, 0.15) is 30.5 Å². The number of amides is 1. The Morgan fingerprint density at radius 1 is 1.00 bits per heavy atom. The van der Waals surface area contributed by atoms with Crippen molar-refractivity contribution in [2.45, 2.75) is 27.7 Å². The van der Waals surface area contributed by atoms with Crippen LogP contribution in [0.5, 0.6) is 17.2 Å². The van der Waals surface area contributed by atoms with E-state index in [4.69, 9.17) is 14.2 Å². The van der Waals surface area contributed by atoms with E-state index < -0.39 is 15.9 Å². The van der Waals surface area contributed by atoms with Crippen LogP contribution in [0.2, 0.25) is 0 Å². The van der Waals surface area contributed by atoms with Crippen molar-refractivity contribution < 1.29 is 27.4 Å². The second-order valence-electron chi connectivity index (χ2n) is 7.70. The molecule has 3 rings (SSSR count).